The van der Waals surface area contributed by atoms with Crippen molar-refractivity contribution in [3.8, 4) is 0 Å². The maximum absolute atomic E-state index is 11.4. The van der Waals surface area contributed by atoms with Crippen LogP contribution in [0.5, 0.6) is 0 Å². The van der Waals surface area contributed by atoms with Gasteiger partial charge in [-0.2, -0.15) is 0 Å². The summed E-state index contributed by atoms with van der Waals surface area (Å²) in [5.41, 5.74) is 0. The number of carbonyl (C=O) groups excluding carboxylic acids is 2. The Balaban J connectivity index is 2.02. The van der Waals surface area contributed by atoms with Gasteiger partial charge < -0.3 is 18.3 Å². The third kappa shape index (κ3) is 4.39. The maximum Gasteiger partial charge on any atom is 0.443 e. The molecule has 0 aliphatic carbocycles. The Kier molecular flexibility index (Phi) is 5.95. The average molecular weight is 446 g/mol. The fraction of sp³-hybridized carbons (Fsp3) is 0.167. The van der Waals surface area contributed by atoms with E-state index in [-0.39, 0.29) is 23.7 Å². The maximum atomic E-state index is 11.4. The van der Waals surface area contributed by atoms with Crippen molar-refractivity contribution in [1.29, 1.82) is 0 Å². The second-order valence-electron chi connectivity index (χ2n) is 3.38. The predicted octanol–water partition coefficient (Wildman–Crippen LogP) is -0.293. The van der Waals surface area contributed by atoms with Crippen LogP contribution in [0.2, 0.25) is 0 Å². The van der Waals surface area contributed by atoms with Gasteiger partial charge in [-0.25, -0.2) is 9.59 Å². The molecule has 0 atom stereocenters. The fourth-order valence-corrected chi connectivity index (χ4v) is 3.42. The molecule has 0 unspecified atom stereocenters. The molecule has 6 nitrogen and oxygen atoms in total. The molecular formula is C12H8Cl2IO6+. The van der Waals surface area contributed by atoms with Gasteiger partial charge in [-0.15, -0.1) is 0 Å². The zero-order valence-corrected chi connectivity index (χ0v) is 14.0. The molecule has 112 valence electrons. The lowest BCUT2D eigenvalue weighted by Crippen LogP contribution is -3.61. The molecule has 0 aromatic carbocycles. The summed E-state index contributed by atoms with van der Waals surface area (Å²) < 4.78 is 21.0. The van der Waals surface area contributed by atoms with E-state index in [0.29, 0.717) is 7.53 Å². The van der Waals surface area contributed by atoms with Gasteiger partial charge in [0.05, 0.1) is 0 Å². The van der Waals surface area contributed by atoms with E-state index in [2.05, 4.69) is 9.47 Å². The van der Waals surface area contributed by atoms with Crippen LogP contribution in [0.3, 0.4) is 0 Å². The molecule has 2 aromatic heterocycles. The summed E-state index contributed by atoms with van der Waals surface area (Å²) in [4.78, 5) is 22.8. The molecule has 0 aliphatic rings. The van der Waals surface area contributed by atoms with Crippen molar-refractivity contribution in [2.45, 2.75) is 0 Å². The van der Waals surface area contributed by atoms with Gasteiger partial charge in [0.1, 0.15) is 0 Å². The fourth-order valence-electron chi connectivity index (χ4n) is 1.28. The standard InChI is InChI=1S/C12H8Cl2IO6/c13-5-18-11(16)7-1-3-9(20-7)15-10-4-2-8(21-10)12(17)19-6-14/h1-4H,5-6H2/q+1. The summed E-state index contributed by atoms with van der Waals surface area (Å²) in [7, 11) is 0. The molecule has 0 bridgehead atoms. The van der Waals surface area contributed by atoms with Gasteiger partial charge in [0, 0.05) is 12.1 Å². The lowest BCUT2D eigenvalue weighted by Gasteiger charge is -1.94. The quantitative estimate of drug-likeness (QED) is 0.345. The number of halogens is 3. The molecule has 0 saturated carbocycles. The van der Waals surface area contributed by atoms with Crippen molar-refractivity contribution in [1.82, 2.24) is 0 Å². The predicted molar refractivity (Wildman–Crippen MR) is 67.1 cm³/mol. The zero-order chi connectivity index (χ0) is 15.2. The lowest BCUT2D eigenvalue weighted by atomic mass is 10.5. The average Bonchev–Trinajstić information content (AvgIpc) is 3.09. The van der Waals surface area contributed by atoms with Crippen LogP contribution in [0.1, 0.15) is 21.1 Å². The van der Waals surface area contributed by atoms with Crippen molar-refractivity contribution >= 4 is 35.1 Å². The molecule has 0 radical (unpaired) electrons. The van der Waals surface area contributed by atoms with E-state index in [4.69, 9.17) is 32.0 Å². The minimum Gasteiger partial charge on any atom is -0.443 e. The van der Waals surface area contributed by atoms with E-state index >= 15 is 0 Å². The highest BCUT2D eigenvalue weighted by atomic mass is 127. The number of hydrogen-bond acceptors (Lipinski definition) is 6. The van der Waals surface area contributed by atoms with Crippen molar-refractivity contribution in [3.63, 3.8) is 0 Å². The molecule has 0 spiro atoms. The van der Waals surface area contributed by atoms with Crippen molar-refractivity contribution in [2.24, 2.45) is 0 Å². The van der Waals surface area contributed by atoms with E-state index in [0.717, 1.165) is 0 Å². The van der Waals surface area contributed by atoms with Gasteiger partial charge in [0.2, 0.25) is 11.5 Å². The largest absolute Gasteiger partial charge is 0.443 e. The van der Waals surface area contributed by atoms with Crippen LogP contribution in [0, 0.1) is 7.53 Å². The van der Waals surface area contributed by atoms with Crippen LogP contribution >= 0.6 is 23.2 Å². The Labute approximate surface area is 139 Å². The summed E-state index contributed by atoms with van der Waals surface area (Å²) in [5.74, 6) is -1.13. The zero-order valence-electron chi connectivity index (χ0n) is 10.3. The number of alkyl halides is 2. The normalized spacial score (nSPS) is 10.4. The van der Waals surface area contributed by atoms with Crippen LogP contribution in [0.4, 0.5) is 0 Å². The molecule has 0 aliphatic heterocycles. The van der Waals surface area contributed by atoms with Crippen LogP contribution in [0.25, 0.3) is 0 Å². The third-order valence-corrected chi connectivity index (χ3v) is 4.55. The number of esters is 2. The molecule has 2 aromatic rings. The number of carbonyl (C=O) groups is 2. The second kappa shape index (κ2) is 7.71. The molecule has 0 saturated heterocycles. The van der Waals surface area contributed by atoms with Crippen molar-refractivity contribution in [2.75, 3.05) is 12.1 Å². The van der Waals surface area contributed by atoms with Crippen LogP contribution < -0.4 is 21.2 Å². The lowest BCUT2D eigenvalue weighted by molar-refractivity contribution is -0.636. The molecule has 9 heteroatoms. The van der Waals surface area contributed by atoms with Gasteiger partial charge in [-0.1, -0.05) is 23.2 Å². The van der Waals surface area contributed by atoms with E-state index < -0.39 is 33.1 Å². The molecule has 0 N–H and O–H groups in total. The number of furan rings is 2. The van der Waals surface area contributed by atoms with Crippen LogP contribution in [-0.2, 0) is 9.47 Å². The Morgan fingerprint density at radius 2 is 1.33 bits per heavy atom. The summed E-state index contributed by atoms with van der Waals surface area (Å²) >= 11 is 9.77. The molecule has 0 amide bonds. The number of rotatable bonds is 6. The highest BCUT2D eigenvalue weighted by Crippen LogP contribution is 2.05. The van der Waals surface area contributed by atoms with Crippen molar-refractivity contribution in [3.05, 3.63) is 43.3 Å². The summed E-state index contributed by atoms with van der Waals surface area (Å²) in [6, 6.07) is 5.81. The Hall–Kier alpha value is -1.19. The molecule has 0 fully saturated rings. The van der Waals surface area contributed by atoms with Crippen LogP contribution in [-0.4, -0.2) is 24.1 Å². The van der Waals surface area contributed by atoms with Gasteiger partial charge in [-0.05, 0) is 12.1 Å². The minimum absolute atomic E-state index is 0.0682. The molecule has 2 heterocycles. The van der Waals surface area contributed by atoms with Gasteiger partial charge >= 0.3 is 40.7 Å². The third-order valence-electron chi connectivity index (χ3n) is 2.11. The number of ether oxygens (including phenoxy) is 2. The summed E-state index contributed by atoms with van der Waals surface area (Å²) in [6.07, 6.45) is 0. The highest BCUT2D eigenvalue weighted by molar-refractivity contribution is 6.18. The van der Waals surface area contributed by atoms with E-state index in [1.807, 2.05) is 0 Å². The minimum atomic E-state index is -0.815. The molecule has 21 heavy (non-hydrogen) atoms. The summed E-state index contributed by atoms with van der Waals surface area (Å²) in [6.45, 7) is 0. The molecular weight excluding hydrogens is 438 g/mol. The second-order valence-corrected chi connectivity index (χ2v) is 6.49. The first-order valence-electron chi connectivity index (χ1n) is 5.44. The van der Waals surface area contributed by atoms with E-state index in [1.54, 1.807) is 12.1 Å². The Morgan fingerprint density at radius 3 is 1.71 bits per heavy atom. The van der Waals surface area contributed by atoms with Gasteiger partial charge in [0.15, 0.2) is 12.1 Å². The molecule has 2 rings (SSSR count). The topological polar surface area (TPSA) is 78.9 Å². The Bertz CT molecular complexity index is 581. The van der Waals surface area contributed by atoms with Gasteiger partial charge in [0.25, 0.3) is 0 Å². The van der Waals surface area contributed by atoms with Crippen LogP contribution in [0.15, 0.2) is 33.1 Å². The van der Waals surface area contributed by atoms with E-state index in [9.17, 15) is 9.59 Å². The van der Waals surface area contributed by atoms with Crippen molar-refractivity contribution < 1.29 is 49.1 Å². The smallest absolute Gasteiger partial charge is 0.443 e. The highest BCUT2D eigenvalue weighted by Gasteiger charge is 2.28. The number of hydrogen-bond donors (Lipinski definition) is 0. The SMILES string of the molecule is O=C(OCCl)c1ccc([I+]c2ccc(C(=O)OCCl)o2)o1. The first-order chi connectivity index (χ1) is 10.1. The summed E-state index contributed by atoms with van der Waals surface area (Å²) in [5, 5.41) is 0. The first-order valence-corrected chi connectivity index (χ1v) is 8.67. The van der Waals surface area contributed by atoms with E-state index in [1.165, 1.54) is 12.1 Å². The monoisotopic (exact) mass is 445 g/mol. The Morgan fingerprint density at radius 1 is 0.905 bits per heavy atom. The van der Waals surface area contributed by atoms with Gasteiger partial charge in [-0.3, -0.25) is 0 Å². The first kappa shape index (κ1) is 16.2.